The van der Waals surface area contributed by atoms with Gasteiger partial charge in [-0.05, 0) is 63.5 Å². The van der Waals surface area contributed by atoms with Crippen LogP contribution in [-0.4, -0.2) is 26.2 Å². The van der Waals surface area contributed by atoms with Crippen LogP contribution >= 0.6 is 0 Å². The average Bonchev–Trinajstić information content (AvgIpc) is 2.37. The van der Waals surface area contributed by atoms with Gasteiger partial charge in [0.1, 0.15) is 0 Å². The molecule has 0 spiro atoms. The van der Waals surface area contributed by atoms with Gasteiger partial charge in [-0.2, -0.15) is 0 Å². The smallest absolute Gasteiger partial charge is 0.165 e. The fourth-order valence-electron chi connectivity index (χ4n) is 1.72. The summed E-state index contributed by atoms with van der Waals surface area (Å²) in [4.78, 5) is 0. The zero-order valence-corrected chi connectivity index (χ0v) is 11.0. The molecular formula is C14H23FN2O. The van der Waals surface area contributed by atoms with Gasteiger partial charge in [-0.25, -0.2) is 4.39 Å². The molecule has 0 aromatic heterocycles. The SMILES string of the molecule is CCOc1ccc(CCNCCCCN)cc1F. The molecule has 0 unspecified atom stereocenters. The molecule has 1 aromatic carbocycles. The molecule has 1 rings (SSSR count). The van der Waals surface area contributed by atoms with Crippen molar-refractivity contribution in [3.63, 3.8) is 0 Å². The highest BCUT2D eigenvalue weighted by molar-refractivity contribution is 5.29. The number of nitrogens with one attached hydrogen (secondary N) is 1. The molecule has 0 atom stereocenters. The summed E-state index contributed by atoms with van der Waals surface area (Å²) in [5.41, 5.74) is 6.40. The minimum atomic E-state index is -0.280. The largest absolute Gasteiger partial charge is 0.491 e. The highest BCUT2D eigenvalue weighted by Gasteiger charge is 2.03. The van der Waals surface area contributed by atoms with Gasteiger partial charge >= 0.3 is 0 Å². The number of hydrogen-bond acceptors (Lipinski definition) is 3. The zero-order chi connectivity index (χ0) is 13.2. The molecule has 0 radical (unpaired) electrons. The van der Waals surface area contributed by atoms with Crippen LogP contribution in [0, 0.1) is 5.82 Å². The Kier molecular flexibility index (Phi) is 7.37. The van der Waals surface area contributed by atoms with E-state index in [-0.39, 0.29) is 5.82 Å². The number of halogens is 1. The highest BCUT2D eigenvalue weighted by Crippen LogP contribution is 2.18. The van der Waals surface area contributed by atoms with Gasteiger partial charge in [-0.1, -0.05) is 6.07 Å². The summed E-state index contributed by atoms with van der Waals surface area (Å²) < 4.78 is 18.7. The molecule has 4 heteroatoms. The van der Waals surface area contributed by atoms with E-state index in [4.69, 9.17) is 10.5 Å². The molecule has 0 saturated heterocycles. The normalized spacial score (nSPS) is 10.6. The maximum absolute atomic E-state index is 13.6. The number of ether oxygens (including phenoxy) is 1. The van der Waals surface area contributed by atoms with Crippen molar-refractivity contribution in [2.75, 3.05) is 26.2 Å². The van der Waals surface area contributed by atoms with Crippen molar-refractivity contribution in [2.45, 2.75) is 26.2 Å². The van der Waals surface area contributed by atoms with Gasteiger partial charge in [0.25, 0.3) is 0 Å². The van der Waals surface area contributed by atoms with Crippen molar-refractivity contribution in [1.82, 2.24) is 5.32 Å². The second-order valence-electron chi connectivity index (χ2n) is 4.19. The predicted molar refractivity (Wildman–Crippen MR) is 72.4 cm³/mol. The Bertz CT molecular complexity index is 345. The van der Waals surface area contributed by atoms with Crippen LogP contribution in [0.25, 0.3) is 0 Å². The molecule has 3 N–H and O–H groups in total. The highest BCUT2D eigenvalue weighted by atomic mass is 19.1. The van der Waals surface area contributed by atoms with Crippen LogP contribution in [-0.2, 0) is 6.42 Å². The third kappa shape index (κ3) is 5.47. The Balaban J connectivity index is 2.28. The van der Waals surface area contributed by atoms with Crippen molar-refractivity contribution in [1.29, 1.82) is 0 Å². The topological polar surface area (TPSA) is 47.3 Å². The lowest BCUT2D eigenvalue weighted by Crippen LogP contribution is -2.19. The van der Waals surface area contributed by atoms with Gasteiger partial charge in [0.15, 0.2) is 11.6 Å². The Morgan fingerprint density at radius 2 is 2.11 bits per heavy atom. The minimum absolute atomic E-state index is 0.280. The van der Waals surface area contributed by atoms with Gasteiger partial charge in [0, 0.05) is 0 Å². The van der Waals surface area contributed by atoms with Crippen molar-refractivity contribution < 1.29 is 9.13 Å². The van der Waals surface area contributed by atoms with Crippen molar-refractivity contribution in [3.8, 4) is 5.75 Å². The van der Waals surface area contributed by atoms with E-state index in [0.717, 1.165) is 44.5 Å². The molecule has 18 heavy (non-hydrogen) atoms. The van der Waals surface area contributed by atoms with Crippen LogP contribution in [0.5, 0.6) is 5.75 Å². The third-order valence-electron chi connectivity index (χ3n) is 2.69. The number of hydrogen-bond donors (Lipinski definition) is 2. The van der Waals surface area contributed by atoms with Crippen LogP contribution in [0.3, 0.4) is 0 Å². The summed E-state index contributed by atoms with van der Waals surface area (Å²) in [6, 6.07) is 5.16. The van der Waals surface area contributed by atoms with E-state index < -0.39 is 0 Å². The summed E-state index contributed by atoms with van der Waals surface area (Å²) in [5.74, 6) is 0.0506. The molecular weight excluding hydrogens is 231 g/mol. The van der Waals surface area contributed by atoms with Gasteiger partial charge in [0.2, 0.25) is 0 Å². The number of rotatable bonds is 9. The Morgan fingerprint density at radius 3 is 2.78 bits per heavy atom. The van der Waals surface area contributed by atoms with Gasteiger partial charge in [-0.3, -0.25) is 0 Å². The quantitative estimate of drug-likeness (QED) is 0.663. The van der Waals surface area contributed by atoms with E-state index in [9.17, 15) is 4.39 Å². The fraction of sp³-hybridized carbons (Fsp3) is 0.571. The lowest BCUT2D eigenvalue weighted by atomic mass is 10.1. The summed E-state index contributed by atoms with van der Waals surface area (Å²) in [7, 11) is 0. The Morgan fingerprint density at radius 1 is 1.28 bits per heavy atom. The number of benzene rings is 1. The number of nitrogens with two attached hydrogens (primary N) is 1. The van der Waals surface area contributed by atoms with Crippen molar-refractivity contribution in [3.05, 3.63) is 29.6 Å². The summed E-state index contributed by atoms with van der Waals surface area (Å²) in [6.07, 6.45) is 2.96. The molecule has 0 aliphatic rings. The lowest BCUT2D eigenvalue weighted by Gasteiger charge is -2.07. The maximum atomic E-state index is 13.6. The van der Waals surface area contributed by atoms with Crippen LogP contribution in [0.15, 0.2) is 18.2 Å². The molecule has 0 aliphatic carbocycles. The lowest BCUT2D eigenvalue weighted by molar-refractivity contribution is 0.321. The minimum Gasteiger partial charge on any atom is -0.491 e. The molecule has 0 fully saturated rings. The Labute approximate surface area is 109 Å². The molecule has 1 aromatic rings. The maximum Gasteiger partial charge on any atom is 0.165 e. The third-order valence-corrected chi connectivity index (χ3v) is 2.69. The molecule has 0 bridgehead atoms. The first-order valence-electron chi connectivity index (χ1n) is 6.60. The first-order chi connectivity index (χ1) is 8.77. The van der Waals surface area contributed by atoms with Gasteiger partial charge in [-0.15, -0.1) is 0 Å². The first-order valence-corrected chi connectivity index (χ1v) is 6.60. The standard InChI is InChI=1S/C14H23FN2O/c1-2-18-14-6-5-12(11-13(14)15)7-10-17-9-4-3-8-16/h5-6,11,17H,2-4,7-10,16H2,1H3. The summed E-state index contributed by atoms with van der Waals surface area (Å²) in [6.45, 7) is 4.90. The average molecular weight is 254 g/mol. The second-order valence-corrected chi connectivity index (χ2v) is 4.19. The molecule has 102 valence electrons. The fourth-order valence-corrected chi connectivity index (χ4v) is 1.72. The monoisotopic (exact) mass is 254 g/mol. The van der Waals surface area contributed by atoms with Crippen molar-refractivity contribution in [2.24, 2.45) is 5.73 Å². The van der Waals surface area contributed by atoms with E-state index >= 15 is 0 Å². The van der Waals surface area contributed by atoms with Crippen LogP contribution < -0.4 is 15.8 Å². The zero-order valence-electron chi connectivity index (χ0n) is 11.0. The van der Waals surface area contributed by atoms with E-state index in [1.54, 1.807) is 12.1 Å². The van der Waals surface area contributed by atoms with Gasteiger partial charge in [0.05, 0.1) is 6.61 Å². The summed E-state index contributed by atoms with van der Waals surface area (Å²) >= 11 is 0. The summed E-state index contributed by atoms with van der Waals surface area (Å²) in [5, 5.41) is 3.32. The predicted octanol–water partition coefficient (Wildman–Crippen LogP) is 2.10. The van der Waals surface area contributed by atoms with Gasteiger partial charge < -0.3 is 15.8 Å². The molecule has 0 amide bonds. The molecule has 0 heterocycles. The number of unbranched alkanes of at least 4 members (excludes halogenated alkanes) is 1. The molecule has 0 aliphatic heterocycles. The Hall–Kier alpha value is -1.13. The van der Waals surface area contributed by atoms with Crippen LogP contribution in [0.1, 0.15) is 25.3 Å². The van der Waals surface area contributed by atoms with E-state index in [0.29, 0.717) is 12.4 Å². The van der Waals surface area contributed by atoms with Crippen LogP contribution in [0.4, 0.5) is 4.39 Å². The van der Waals surface area contributed by atoms with E-state index in [1.165, 1.54) is 0 Å². The van der Waals surface area contributed by atoms with E-state index in [2.05, 4.69) is 5.32 Å². The second kappa shape index (κ2) is 8.89. The molecule has 0 saturated carbocycles. The molecule has 3 nitrogen and oxygen atoms in total. The van der Waals surface area contributed by atoms with E-state index in [1.807, 2.05) is 13.0 Å². The van der Waals surface area contributed by atoms with Crippen LogP contribution in [0.2, 0.25) is 0 Å². The first kappa shape index (κ1) is 14.9. The van der Waals surface area contributed by atoms with Crippen molar-refractivity contribution >= 4 is 0 Å².